The smallest absolute Gasteiger partial charge is 0.191 e. The first-order valence-electron chi connectivity index (χ1n) is 8.51. The number of benzene rings is 1. The number of ether oxygens (including phenoxy) is 2. The monoisotopic (exact) mass is 467 g/mol. The van der Waals surface area contributed by atoms with E-state index in [1.165, 1.54) is 0 Å². The van der Waals surface area contributed by atoms with Crippen LogP contribution in [0.4, 0.5) is 4.39 Å². The molecule has 25 heavy (non-hydrogen) atoms. The minimum atomic E-state index is -0.186. The van der Waals surface area contributed by atoms with Crippen molar-refractivity contribution in [3.8, 4) is 0 Å². The summed E-state index contributed by atoms with van der Waals surface area (Å²) in [5.74, 6) is 0.563. The summed E-state index contributed by atoms with van der Waals surface area (Å²) >= 11 is 0. The predicted octanol–water partition coefficient (Wildman–Crippen LogP) is 3.25. The highest BCUT2D eigenvalue weighted by Crippen LogP contribution is 2.09. The number of hydrogen-bond acceptors (Lipinski definition) is 3. The summed E-state index contributed by atoms with van der Waals surface area (Å²) in [7, 11) is 1.67. The van der Waals surface area contributed by atoms with Gasteiger partial charge in [-0.15, -0.1) is 24.0 Å². The second kappa shape index (κ2) is 15.3. The van der Waals surface area contributed by atoms with Crippen LogP contribution >= 0.6 is 24.0 Å². The molecule has 2 N–H and O–H groups in total. The molecule has 0 fully saturated rings. The van der Waals surface area contributed by atoms with E-state index in [1.807, 2.05) is 13.0 Å². The molecule has 1 rings (SSSR count). The van der Waals surface area contributed by atoms with Crippen LogP contribution < -0.4 is 10.6 Å². The number of nitrogens with zero attached hydrogens (tertiary/aromatic N) is 1. The number of halogens is 2. The van der Waals surface area contributed by atoms with Crippen LogP contribution in [0.2, 0.25) is 0 Å². The molecule has 0 atom stereocenters. The van der Waals surface area contributed by atoms with E-state index in [0.29, 0.717) is 25.3 Å². The SMILES string of the molecule is CCNC(=NCc1ccc(C)c(F)c1)NCCCCOCCOC.I. The van der Waals surface area contributed by atoms with Crippen LogP contribution in [0.25, 0.3) is 0 Å². The highest BCUT2D eigenvalue weighted by molar-refractivity contribution is 14.0. The van der Waals surface area contributed by atoms with Gasteiger partial charge in [0, 0.05) is 26.8 Å². The van der Waals surface area contributed by atoms with Gasteiger partial charge in [0.2, 0.25) is 0 Å². The number of aliphatic imine (C=N–C) groups is 1. The Bertz CT molecular complexity index is 501. The van der Waals surface area contributed by atoms with Gasteiger partial charge in [-0.1, -0.05) is 12.1 Å². The highest BCUT2D eigenvalue weighted by atomic mass is 127. The average Bonchev–Trinajstić information content (AvgIpc) is 2.58. The van der Waals surface area contributed by atoms with Gasteiger partial charge in [-0.2, -0.15) is 0 Å². The van der Waals surface area contributed by atoms with Gasteiger partial charge in [-0.3, -0.25) is 0 Å². The molecule has 0 saturated carbocycles. The van der Waals surface area contributed by atoms with E-state index in [1.54, 1.807) is 26.2 Å². The molecular weight excluding hydrogens is 436 g/mol. The van der Waals surface area contributed by atoms with E-state index in [4.69, 9.17) is 9.47 Å². The van der Waals surface area contributed by atoms with Gasteiger partial charge in [-0.25, -0.2) is 9.38 Å². The Kier molecular flexibility index (Phi) is 14.8. The zero-order chi connectivity index (χ0) is 17.6. The molecule has 0 aliphatic heterocycles. The molecule has 1 aromatic rings. The number of guanidine groups is 1. The normalized spacial score (nSPS) is 11.1. The van der Waals surface area contributed by atoms with Crippen molar-refractivity contribution in [3.05, 3.63) is 35.1 Å². The number of methoxy groups -OCH3 is 1. The van der Waals surface area contributed by atoms with Gasteiger partial charge in [-0.05, 0) is 43.9 Å². The van der Waals surface area contributed by atoms with Crippen molar-refractivity contribution in [1.29, 1.82) is 0 Å². The number of aryl methyl sites for hydroxylation is 1. The van der Waals surface area contributed by atoms with Gasteiger partial charge >= 0.3 is 0 Å². The van der Waals surface area contributed by atoms with Gasteiger partial charge in [0.05, 0.1) is 19.8 Å². The first-order chi connectivity index (χ1) is 11.7. The largest absolute Gasteiger partial charge is 0.382 e. The van der Waals surface area contributed by atoms with Gasteiger partial charge in [0.1, 0.15) is 5.82 Å². The molecule has 0 amide bonds. The number of hydrogen-bond donors (Lipinski definition) is 2. The molecule has 0 radical (unpaired) electrons. The predicted molar refractivity (Wildman–Crippen MR) is 111 cm³/mol. The molecule has 1 aromatic carbocycles. The molecule has 0 aromatic heterocycles. The van der Waals surface area contributed by atoms with Crippen molar-refractivity contribution in [2.45, 2.75) is 33.2 Å². The Morgan fingerprint density at radius 3 is 2.64 bits per heavy atom. The number of nitrogens with one attached hydrogen (secondary N) is 2. The van der Waals surface area contributed by atoms with Crippen molar-refractivity contribution in [2.75, 3.05) is 40.0 Å². The maximum Gasteiger partial charge on any atom is 0.191 e. The fourth-order valence-electron chi connectivity index (χ4n) is 2.03. The first kappa shape index (κ1) is 24.1. The summed E-state index contributed by atoms with van der Waals surface area (Å²) < 4.78 is 23.9. The molecule has 144 valence electrons. The molecule has 0 spiro atoms. The zero-order valence-corrected chi connectivity index (χ0v) is 17.8. The fraction of sp³-hybridized carbons (Fsp3) is 0.611. The highest BCUT2D eigenvalue weighted by Gasteiger charge is 2.01. The van der Waals surface area contributed by atoms with Crippen molar-refractivity contribution in [1.82, 2.24) is 10.6 Å². The molecular formula is C18H31FIN3O2. The summed E-state index contributed by atoms with van der Waals surface area (Å²) in [5.41, 5.74) is 1.52. The summed E-state index contributed by atoms with van der Waals surface area (Å²) in [6, 6.07) is 5.23. The lowest BCUT2D eigenvalue weighted by molar-refractivity contribution is 0.0689. The zero-order valence-electron chi connectivity index (χ0n) is 15.4. The molecule has 0 bridgehead atoms. The van der Waals surface area contributed by atoms with Crippen LogP contribution in [0.1, 0.15) is 30.9 Å². The van der Waals surface area contributed by atoms with Crippen LogP contribution in [0.3, 0.4) is 0 Å². The van der Waals surface area contributed by atoms with Crippen molar-refractivity contribution in [2.24, 2.45) is 4.99 Å². The quantitative estimate of drug-likeness (QED) is 0.227. The third-order valence-corrected chi connectivity index (χ3v) is 3.44. The van der Waals surface area contributed by atoms with Crippen LogP contribution in [0.5, 0.6) is 0 Å². The Labute approximate surface area is 167 Å². The van der Waals surface area contributed by atoms with Crippen molar-refractivity contribution >= 4 is 29.9 Å². The lowest BCUT2D eigenvalue weighted by Crippen LogP contribution is -2.37. The van der Waals surface area contributed by atoms with Crippen LogP contribution in [0, 0.1) is 12.7 Å². The van der Waals surface area contributed by atoms with E-state index >= 15 is 0 Å². The maximum absolute atomic E-state index is 13.6. The van der Waals surface area contributed by atoms with E-state index in [2.05, 4.69) is 15.6 Å². The fourth-order valence-corrected chi connectivity index (χ4v) is 2.03. The lowest BCUT2D eigenvalue weighted by Gasteiger charge is -2.11. The molecule has 7 heteroatoms. The minimum Gasteiger partial charge on any atom is -0.382 e. The lowest BCUT2D eigenvalue weighted by atomic mass is 10.1. The minimum absolute atomic E-state index is 0. The first-order valence-corrected chi connectivity index (χ1v) is 8.51. The van der Waals surface area contributed by atoms with E-state index < -0.39 is 0 Å². The third kappa shape index (κ3) is 11.3. The second-order valence-electron chi connectivity index (χ2n) is 5.52. The Hall–Kier alpha value is -0.930. The standard InChI is InChI=1S/C18H30FN3O2.HI/c1-4-20-18(21-9-5-6-10-24-12-11-23-3)22-14-16-8-7-15(2)17(19)13-16;/h7-8,13H,4-6,9-12,14H2,1-3H3,(H2,20,21,22);1H. The molecule has 5 nitrogen and oxygen atoms in total. The van der Waals surface area contributed by atoms with Crippen LogP contribution in [-0.4, -0.2) is 46.0 Å². The third-order valence-electron chi connectivity index (χ3n) is 3.44. The topological polar surface area (TPSA) is 54.9 Å². The van der Waals surface area contributed by atoms with Gasteiger partial charge in [0.15, 0.2) is 5.96 Å². The van der Waals surface area contributed by atoms with Crippen molar-refractivity contribution in [3.63, 3.8) is 0 Å². The summed E-state index contributed by atoms with van der Waals surface area (Å²) in [6.45, 7) is 7.85. The van der Waals surface area contributed by atoms with E-state index in [-0.39, 0.29) is 29.8 Å². The molecule has 0 unspecified atom stereocenters. The molecule has 0 saturated heterocycles. The summed E-state index contributed by atoms with van der Waals surface area (Å²) in [5, 5.41) is 6.48. The van der Waals surface area contributed by atoms with Crippen LogP contribution in [0.15, 0.2) is 23.2 Å². The second-order valence-corrected chi connectivity index (χ2v) is 5.52. The number of unbranched alkanes of at least 4 members (excludes halogenated alkanes) is 1. The van der Waals surface area contributed by atoms with E-state index in [0.717, 1.165) is 44.1 Å². The summed E-state index contributed by atoms with van der Waals surface area (Å²) in [4.78, 5) is 4.49. The molecule has 0 aliphatic rings. The van der Waals surface area contributed by atoms with Crippen molar-refractivity contribution < 1.29 is 13.9 Å². The average molecular weight is 467 g/mol. The van der Waals surface area contributed by atoms with Gasteiger partial charge in [0.25, 0.3) is 0 Å². The van der Waals surface area contributed by atoms with Gasteiger partial charge < -0.3 is 20.1 Å². The molecule has 0 heterocycles. The summed E-state index contributed by atoms with van der Waals surface area (Å²) in [6.07, 6.45) is 1.98. The van der Waals surface area contributed by atoms with E-state index in [9.17, 15) is 4.39 Å². The molecule has 0 aliphatic carbocycles. The Balaban J connectivity index is 0.00000576. The Morgan fingerprint density at radius 1 is 1.16 bits per heavy atom. The number of rotatable bonds is 11. The van der Waals surface area contributed by atoms with Crippen LogP contribution in [-0.2, 0) is 16.0 Å². The Morgan fingerprint density at radius 2 is 1.96 bits per heavy atom. The maximum atomic E-state index is 13.6.